The maximum absolute atomic E-state index is 13.8. The molecule has 22 heavy (non-hydrogen) atoms. The first-order valence-electron chi connectivity index (χ1n) is 6.12. The van der Waals surface area contributed by atoms with Crippen LogP contribution in [0.2, 0.25) is 0 Å². The van der Waals surface area contributed by atoms with E-state index in [9.17, 15) is 14.0 Å². The van der Waals surface area contributed by atoms with Crippen molar-refractivity contribution in [1.29, 1.82) is 5.26 Å². The average molecular weight is 327 g/mol. The lowest BCUT2D eigenvalue weighted by molar-refractivity contribution is -0.138. The van der Waals surface area contributed by atoms with E-state index in [2.05, 4.69) is 10.1 Å². The quantitative estimate of drug-likeness (QED) is 0.284. The molecule has 1 aromatic rings. The zero-order valence-electron chi connectivity index (χ0n) is 11.6. The summed E-state index contributed by atoms with van der Waals surface area (Å²) in [5.41, 5.74) is -0.318. The van der Waals surface area contributed by atoms with Crippen LogP contribution in [0.1, 0.15) is 6.92 Å². The fourth-order valence-electron chi connectivity index (χ4n) is 1.33. The first-order valence-corrected chi connectivity index (χ1v) is 6.65. The number of anilines is 1. The number of alkyl halides is 1. The third-order valence-electron chi connectivity index (χ3n) is 2.27. The molecule has 0 unspecified atom stereocenters. The van der Waals surface area contributed by atoms with Crippen molar-refractivity contribution in [2.75, 3.05) is 17.8 Å². The van der Waals surface area contributed by atoms with Gasteiger partial charge in [0.1, 0.15) is 23.5 Å². The van der Waals surface area contributed by atoms with Gasteiger partial charge < -0.3 is 14.8 Å². The molecular formula is C14H12ClFN2O4. The highest BCUT2D eigenvalue weighted by atomic mass is 35.5. The zero-order chi connectivity index (χ0) is 16.5. The van der Waals surface area contributed by atoms with Crippen LogP contribution in [-0.4, -0.2) is 24.4 Å². The molecule has 0 fully saturated rings. The molecule has 0 aliphatic carbocycles. The van der Waals surface area contributed by atoms with Gasteiger partial charge in [0, 0.05) is 12.3 Å². The number of halogens is 2. The van der Waals surface area contributed by atoms with Crippen LogP contribution in [0.5, 0.6) is 5.75 Å². The second kappa shape index (κ2) is 8.64. The number of benzene rings is 1. The number of esters is 2. The van der Waals surface area contributed by atoms with Gasteiger partial charge in [-0.05, 0) is 19.1 Å². The van der Waals surface area contributed by atoms with Crippen LogP contribution < -0.4 is 10.1 Å². The van der Waals surface area contributed by atoms with E-state index in [4.69, 9.17) is 21.6 Å². The fraction of sp³-hybridized carbons (Fsp3) is 0.214. The van der Waals surface area contributed by atoms with Crippen molar-refractivity contribution in [3.8, 4) is 11.8 Å². The molecule has 1 aromatic carbocycles. The van der Waals surface area contributed by atoms with Crippen molar-refractivity contribution >= 4 is 29.2 Å². The largest absolute Gasteiger partial charge is 0.462 e. The van der Waals surface area contributed by atoms with E-state index in [1.807, 2.05) is 0 Å². The van der Waals surface area contributed by atoms with E-state index in [-0.39, 0.29) is 29.5 Å². The first-order chi connectivity index (χ1) is 10.5. The van der Waals surface area contributed by atoms with E-state index >= 15 is 0 Å². The fourth-order valence-corrected chi connectivity index (χ4v) is 1.39. The molecule has 0 saturated heterocycles. The van der Waals surface area contributed by atoms with Crippen molar-refractivity contribution in [1.82, 2.24) is 0 Å². The molecule has 6 nitrogen and oxygen atoms in total. The summed E-state index contributed by atoms with van der Waals surface area (Å²) in [7, 11) is 0. The summed E-state index contributed by atoms with van der Waals surface area (Å²) in [5, 5.41) is 11.3. The maximum Gasteiger partial charge on any atom is 0.350 e. The minimum absolute atomic E-state index is 0.0106. The van der Waals surface area contributed by atoms with E-state index in [1.165, 1.54) is 12.1 Å². The van der Waals surface area contributed by atoms with Gasteiger partial charge in [0.2, 0.25) is 0 Å². The predicted octanol–water partition coefficient (Wildman–Crippen LogP) is 2.35. The molecule has 0 aliphatic rings. The summed E-state index contributed by atoms with van der Waals surface area (Å²) in [4.78, 5) is 22.4. The normalized spacial score (nSPS) is 10.5. The Labute approximate surface area is 131 Å². The molecule has 0 amide bonds. The third-order valence-corrected chi connectivity index (χ3v) is 2.49. The Hall–Kier alpha value is -2.59. The first kappa shape index (κ1) is 17.5. The van der Waals surface area contributed by atoms with Crippen molar-refractivity contribution in [3.63, 3.8) is 0 Å². The summed E-state index contributed by atoms with van der Waals surface area (Å²) in [5.74, 6) is -2.63. The van der Waals surface area contributed by atoms with Crippen LogP contribution >= 0.6 is 11.6 Å². The minimum Gasteiger partial charge on any atom is -0.462 e. The smallest absolute Gasteiger partial charge is 0.350 e. The molecule has 0 bridgehead atoms. The van der Waals surface area contributed by atoms with Crippen LogP contribution in [0.15, 0.2) is 30.0 Å². The Kier molecular flexibility index (Phi) is 6.86. The molecule has 0 saturated carbocycles. The molecule has 8 heteroatoms. The number of ether oxygens (including phenoxy) is 2. The summed E-state index contributed by atoms with van der Waals surface area (Å²) in [6.07, 6.45) is 1.03. The summed E-state index contributed by atoms with van der Waals surface area (Å²) >= 11 is 5.27. The SMILES string of the molecule is CCOC(=O)/C(C#N)=C/Nc1ccc(OC(=O)CCl)cc1F. The Balaban J connectivity index is 2.84. The maximum atomic E-state index is 13.8. The molecule has 0 heterocycles. The molecule has 116 valence electrons. The number of rotatable bonds is 6. The van der Waals surface area contributed by atoms with Gasteiger partial charge in [-0.25, -0.2) is 9.18 Å². The number of nitrogens with one attached hydrogen (secondary N) is 1. The van der Waals surface area contributed by atoms with Crippen LogP contribution in [-0.2, 0) is 14.3 Å². The topological polar surface area (TPSA) is 88.4 Å². The van der Waals surface area contributed by atoms with Gasteiger partial charge in [0.25, 0.3) is 0 Å². The van der Waals surface area contributed by atoms with Gasteiger partial charge >= 0.3 is 11.9 Å². The lowest BCUT2D eigenvalue weighted by Gasteiger charge is -2.07. The zero-order valence-corrected chi connectivity index (χ0v) is 12.3. The monoisotopic (exact) mass is 326 g/mol. The minimum atomic E-state index is -0.814. The van der Waals surface area contributed by atoms with Gasteiger partial charge in [-0.1, -0.05) is 0 Å². The standard InChI is InChI=1S/C14H12ClFN2O4/c1-2-21-14(20)9(7-17)8-18-12-4-3-10(5-11(12)16)22-13(19)6-15/h3-5,8,18H,2,6H2,1H3/b9-8+. The van der Waals surface area contributed by atoms with E-state index < -0.39 is 17.8 Å². The highest BCUT2D eigenvalue weighted by Gasteiger charge is 2.11. The number of carbonyl (C=O) groups is 2. The number of carbonyl (C=O) groups excluding carboxylic acids is 2. The van der Waals surface area contributed by atoms with Crippen molar-refractivity contribution in [3.05, 3.63) is 35.8 Å². The molecule has 0 aliphatic heterocycles. The van der Waals surface area contributed by atoms with E-state index in [0.717, 1.165) is 12.3 Å². The Morgan fingerprint density at radius 3 is 2.77 bits per heavy atom. The Morgan fingerprint density at radius 1 is 1.50 bits per heavy atom. The number of nitrogens with zero attached hydrogens (tertiary/aromatic N) is 1. The molecule has 0 aromatic heterocycles. The lowest BCUT2D eigenvalue weighted by atomic mass is 10.2. The molecule has 0 atom stereocenters. The molecule has 0 spiro atoms. The Bertz CT molecular complexity index is 640. The lowest BCUT2D eigenvalue weighted by Crippen LogP contribution is -2.09. The van der Waals surface area contributed by atoms with Crippen LogP contribution in [0.3, 0.4) is 0 Å². The van der Waals surface area contributed by atoms with Gasteiger partial charge in [0.05, 0.1) is 12.3 Å². The van der Waals surface area contributed by atoms with Crippen LogP contribution in [0.4, 0.5) is 10.1 Å². The van der Waals surface area contributed by atoms with Crippen LogP contribution in [0, 0.1) is 17.1 Å². The molecule has 0 radical (unpaired) electrons. The summed E-state index contributed by atoms with van der Waals surface area (Å²) < 4.78 is 23.2. The number of hydrogen-bond donors (Lipinski definition) is 1. The van der Waals surface area contributed by atoms with Gasteiger partial charge in [-0.15, -0.1) is 11.6 Å². The van der Waals surface area contributed by atoms with Crippen molar-refractivity contribution in [2.45, 2.75) is 6.92 Å². The molecular weight excluding hydrogens is 315 g/mol. The third kappa shape index (κ3) is 5.07. The highest BCUT2D eigenvalue weighted by Crippen LogP contribution is 2.21. The predicted molar refractivity (Wildman–Crippen MR) is 76.7 cm³/mol. The number of nitriles is 1. The molecule has 1 rings (SSSR count). The molecule has 1 N–H and O–H groups in total. The van der Waals surface area contributed by atoms with Crippen LogP contribution in [0.25, 0.3) is 0 Å². The summed E-state index contributed by atoms with van der Waals surface area (Å²) in [6, 6.07) is 5.22. The van der Waals surface area contributed by atoms with E-state index in [1.54, 1.807) is 13.0 Å². The second-order valence-corrected chi connectivity index (χ2v) is 4.05. The highest BCUT2D eigenvalue weighted by molar-refractivity contribution is 6.26. The van der Waals surface area contributed by atoms with Gasteiger partial charge in [0.15, 0.2) is 5.57 Å². The van der Waals surface area contributed by atoms with Gasteiger partial charge in [-0.2, -0.15) is 5.26 Å². The summed E-state index contributed by atoms with van der Waals surface area (Å²) in [6.45, 7) is 1.72. The van der Waals surface area contributed by atoms with Gasteiger partial charge in [-0.3, -0.25) is 4.79 Å². The Morgan fingerprint density at radius 2 is 2.23 bits per heavy atom. The average Bonchev–Trinajstić information content (AvgIpc) is 2.49. The van der Waals surface area contributed by atoms with Crippen molar-refractivity contribution < 1.29 is 23.5 Å². The van der Waals surface area contributed by atoms with Crippen molar-refractivity contribution in [2.24, 2.45) is 0 Å². The van der Waals surface area contributed by atoms with E-state index in [0.29, 0.717) is 0 Å². The number of hydrogen-bond acceptors (Lipinski definition) is 6. The second-order valence-electron chi connectivity index (χ2n) is 3.78.